The topological polar surface area (TPSA) is 36.9 Å². The number of nitrogens with zero attached hydrogens (tertiary/aromatic N) is 2. The number of likely N-dealkylation sites (N-methyl/N-ethyl adjacent to an activating group) is 1. The van der Waals surface area contributed by atoms with Crippen molar-refractivity contribution in [1.82, 2.24) is 10.2 Å². The highest BCUT2D eigenvalue weighted by Gasteiger charge is 2.30. The number of rotatable bonds is 7. The van der Waals surface area contributed by atoms with Gasteiger partial charge >= 0.3 is 0 Å². The second kappa shape index (κ2) is 7.24. The van der Waals surface area contributed by atoms with Crippen molar-refractivity contribution in [2.45, 2.75) is 25.8 Å². The van der Waals surface area contributed by atoms with E-state index < -0.39 is 0 Å². The van der Waals surface area contributed by atoms with E-state index in [9.17, 15) is 0 Å². The zero-order valence-corrected chi connectivity index (χ0v) is 12.3. The quantitative estimate of drug-likeness (QED) is 0.750. The van der Waals surface area contributed by atoms with Crippen LogP contribution in [0.15, 0.2) is 4.99 Å². The van der Waals surface area contributed by atoms with E-state index in [0.29, 0.717) is 0 Å². The van der Waals surface area contributed by atoms with Gasteiger partial charge in [-0.15, -0.1) is 0 Å². The van der Waals surface area contributed by atoms with E-state index >= 15 is 0 Å². The number of thioether (sulfide) groups is 1. The molecule has 0 aromatic rings. The summed E-state index contributed by atoms with van der Waals surface area (Å²) in [5.74, 6) is 1.13. The van der Waals surface area contributed by atoms with Crippen molar-refractivity contribution in [2.75, 3.05) is 46.2 Å². The van der Waals surface area contributed by atoms with Crippen molar-refractivity contribution in [2.24, 2.45) is 4.99 Å². The number of hydrogen-bond acceptors (Lipinski definition) is 4. The molecule has 0 amide bonds. The van der Waals surface area contributed by atoms with E-state index in [4.69, 9.17) is 4.74 Å². The van der Waals surface area contributed by atoms with Crippen LogP contribution in [0.1, 0.15) is 20.3 Å². The number of hydrogen-bond donors (Lipinski definition) is 1. The third-order valence-corrected chi connectivity index (χ3v) is 4.42. The van der Waals surface area contributed by atoms with Crippen molar-refractivity contribution in [3.05, 3.63) is 0 Å². The van der Waals surface area contributed by atoms with E-state index in [1.165, 1.54) is 0 Å². The van der Waals surface area contributed by atoms with Gasteiger partial charge in [0.1, 0.15) is 0 Å². The minimum atomic E-state index is 0.242. The van der Waals surface area contributed by atoms with Gasteiger partial charge in [-0.05, 0) is 20.4 Å². The molecule has 1 saturated heterocycles. The van der Waals surface area contributed by atoms with Gasteiger partial charge in [-0.3, -0.25) is 4.99 Å². The lowest BCUT2D eigenvalue weighted by molar-refractivity contribution is 0.163. The molecule has 1 N–H and O–H groups in total. The van der Waals surface area contributed by atoms with E-state index in [1.807, 2.05) is 11.8 Å². The van der Waals surface area contributed by atoms with Crippen LogP contribution in [0.4, 0.5) is 0 Å². The van der Waals surface area contributed by atoms with Gasteiger partial charge < -0.3 is 15.0 Å². The number of aliphatic imine (C=N–C) groups is 1. The van der Waals surface area contributed by atoms with Crippen molar-refractivity contribution in [3.63, 3.8) is 0 Å². The van der Waals surface area contributed by atoms with Crippen molar-refractivity contribution in [3.8, 4) is 0 Å². The molecule has 4 nitrogen and oxygen atoms in total. The predicted molar refractivity (Wildman–Crippen MR) is 76.0 cm³/mol. The second-order valence-electron chi connectivity index (χ2n) is 4.81. The number of methoxy groups -OCH3 is 1. The highest BCUT2D eigenvalue weighted by atomic mass is 32.2. The normalized spacial score (nSPS) is 26.8. The summed E-state index contributed by atoms with van der Waals surface area (Å²) >= 11 is 1.84. The number of amidine groups is 1. The molecule has 0 aliphatic carbocycles. The molecule has 0 saturated carbocycles. The molecule has 0 bridgehead atoms. The fourth-order valence-corrected chi connectivity index (χ4v) is 2.75. The van der Waals surface area contributed by atoms with Crippen LogP contribution in [-0.4, -0.2) is 61.8 Å². The molecular formula is C12H25N3OS. The SMILES string of the molecule is CCC1(C)CSC(=NCCN(C)CCOC)N1. The average molecular weight is 259 g/mol. The molecule has 0 aromatic carbocycles. The predicted octanol–water partition coefficient (Wildman–Crippen LogP) is 1.43. The molecule has 5 heteroatoms. The molecule has 1 aliphatic heterocycles. The van der Waals surface area contributed by atoms with Crippen LogP contribution in [0.2, 0.25) is 0 Å². The first-order valence-corrected chi connectivity index (χ1v) is 7.21. The molecule has 100 valence electrons. The Balaban J connectivity index is 2.22. The summed E-state index contributed by atoms with van der Waals surface area (Å²) in [5, 5.41) is 4.61. The Hall–Kier alpha value is -0.260. The maximum atomic E-state index is 5.04. The Kier molecular flexibility index (Phi) is 6.30. The Bertz CT molecular complexity index is 260. The first-order valence-electron chi connectivity index (χ1n) is 6.22. The molecule has 1 heterocycles. The summed E-state index contributed by atoms with van der Waals surface area (Å²) in [4.78, 5) is 6.84. The summed E-state index contributed by atoms with van der Waals surface area (Å²) < 4.78 is 5.04. The summed E-state index contributed by atoms with van der Waals surface area (Å²) in [7, 11) is 3.84. The molecule has 1 atom stereocenters. The van der Waals surface area contributed by atoms with Gasteiger partial charge in [0.2, 0.25) is 0 Å². The highest BCUT2D eigenvalue weighted by molar-refractivity contribution is 8.14. The first kappa shape index (κ1) is 14.8. The van der Waals surface area contributed by atoms with E-state index in [2.05, 4.69) is 36.1 Å². The standard InChI is InChI=1S/C12H25N3OS/c1-5-12(2)10-17-11(14-12)13-6-7-15(3)8-9-16-4/h5-10H2,1-4H3,(H,13,14). The Labute approximate surface area is 109 Å². The molecule has 0 radical (unpaired) electrons. The zero-order chi connectivity index (χ0) is 12.7. The molecular weight excluding hydrogens is 234 g/mol. The largest absolute Gasteiger partial charge is 0.383 e. The van der Waals surface area contributed by atoms with Crippen molar-refractivity contribution >= 4 is 16.9 Å². The van der Waals surface area contributed by atoms with E-state index in [1.54, 1.807) is 7.11 Å². The van der Waals surface area contributed by atoms with Gasteiger partial charge in [0.05, 0.1) is 13.2 Å². The molecule has 1 fully saturated rings. The Morgan fingerprint density at radius 1 is 1.53 bits per heavy atom. The molecule has 1 rings (SSSR count). The molecule has 1 unspecified atom stereocenters. The second-order valence-corrected chi connectivity index (χ2v) is 5.77. The monoisotopic (exact) mass is 259 g/mol. The van der Waals surface area contributed by atoms with Crippen LogP contribution in [-0.2, 0) is 4.74 Å². The van der Waals surface area contributed by atoms with Crippen LogP contribution in [0, 0.1) is 0 Å². The van der Waals surface area contributed by atoms with Crippen LogP contribution in [0.3, 0.4) is 0 Å². The number of nitrogens with one attached hydrogen (secondary N) is 1. The maximum Gasteiger partial charge on any atom is 0.157 e. The highest BCUT2D eigenvalue weighted by Crippen LogP contribution is 2.25. The zero-order valence-electron chi connectivity index (χ0n) is 11.5. The van der Waals surface area contributed by atoms with Gasteiger partial charge in [0, 0.05) is 31.5 Å². The van der Waals surface area contributed by atoms with Gasteiger partial charge in [-0.2, -0.15) is 0 Å². The number of ether oxygens (including phenoxy) is 1. The Morgan fingerprint density at radius 2 is 2.29 bits per heavy atom. The maximum absolute atomic E-state index is 5.04. The van der Waals surface area contributed by atoms with Gasteiger partial charge in [-0.1, -0.05) is 18.7 Å². The molecule has 0 aromatic heterocycles. The molecule has 1 aliphatic rings. The first-order chi connectivity index (χ1) is 8.09. The Morgan fingerprint density at radius 3 is 2.88 bits per heavy atom. The smallest absolute Gasteiger partial charge is 0.157 e. The van der Waals surface area contributed by atoms with Crippen LogP contribution in [0.5, 0.6) is 0 Å². The summed E-state index contributed by atoms with van der Waals surface area (Å²) in [5.41, 5.74) is 0.242. The fourth-order valence-electron chi connectivity index (χ4n) is 1.51. The summed E-state index contributed by atoms with van der Waals surface area (Å²) in [6.07, 6.45) is 1.15. The average Bonchev–Trinajstić information content (AvgIpc) is 2.69. The van der Waals surface area contributed by atoms with E-state index in [0.717, 1.165) is 43.6 Å². The summed E-state index contributed by atoms with van der Waals surface area (Å²) in [6, 6.07) is 0. The minimum Gasteiger partial charge on any atom is -0.383 e. The van der Waals surface area contributed by atoms with Crippen LogP contribution in [0.25, 0.3) is 0 Å². The fraction of sp³-hybridized carbons (Fsp3) is 0.917. The van der Waals surface area contributed by atoms with Crippen molar-refractivity contribution < 1.29 is 4.74 Å². The van der Waals surface area contributed by atoms with E-state index in [-0.39, 0.29) is 5.54 Å². The minimum absolute atomic E-state index is 0.242. The van der Waals surface area contributed by atoms with Gasteiger partial charge in [0.15, 0.2) is 5.17 Å². The third-order valence-electron chi connectivity index (χ3n) is 3.13. The van der Waals surface area contributed by atoms with Gasteiger partial charge in [-0.25, -0.2) is 0 Å². The van der Waals surface area contributed by atoms with Crippen LogP contribution >= 0.6 is 11.8 Å². The lowest BCUT2D eigenvalue weighted by Gasteiger charge is -2.20. The molecule has 17 heavy (non-hydrogen) atoms. The lowest BCUT2D eigenvalue weighted by Crippen LogP contribution is -2.39. The van der Waals surface area contributed by atoms with Crippen molar-refractivity contribution in [1.29, 1.82) is 0 Å². The third kappa shape index (κ3) is 5.27. The lowest BCUT2D eigenvalue weighted by atomic mass is 10.0. The van der Waals surface area contributed by atoms with Crippen LogP contribution < -0.4 is 5.32 Å². The molecule has 0 spiro atoms. The summed E-state index contributed by atoms with van der Waals surface area (Å²) in [6.45, 7) is 8.07. The van der Waals surface area contributed by atoms with Gasteiger partial charge in [0.25, 0.3) is 0 Å².